The van der Waals surface area contributed by atoms with Crippen molar-refractivity contribution in [1.82, 2.24) is 15.1 Å². The highest BCUT2D eigenvalue weighted by Crippen LogP contribution is 2.23. The monoisotopic (exact) mass is 464 g/mol. The normalized spacial score (nSPS) is 18.6. The minimum Gasteiger partial charge on any atom is -0.379 e. The van der Waals surface area contributed by atoms with E-state index in [0.29, 0.717) is 30.9 Å². The lowest BCUT2D eigenvalue weighted by atomic mass is 10.1. The molecule has 0 bridgehead atoms. The van der Waals surface area contributed by atoms with Crippen molar-refractivity contribution in [3.8, 4) is 0 Å². The van der Waals surface area contributed by atoms with Gasteiger partial charge < -0.3 is 20.3 Å². The number of morpholine rings is 1. The molecule has 2 aliphatic heterocycles. The molecule has 2 aromatic carbocycles. The van der Waals surface area contributed by atoms with Gasteiger partial charge in [-0.05, 0) is 30.7 Å². The van der Waals surface area contributed by atoms with E-state index in [1.54, 1.807) is 29.2 Å². The van der Waals surface area contributed by atoms with Gasteiger partial charge in [-0.3, -0.25) is 19.3 Å². The summed E-state index contributed by atoms with van der Waals surface area (Å²) < 4.78 is 5.35. The summed E-state index contributed by atoms with van der Waals surface area (Å²) in [6, 6.07) is 16.7. The Morgan fingerprint density at radius 3 is 2.53 bits per heavy atom. The molecule has 1 atom stereocenters. The van der Waals surface area contributed by atoms with Crippen LogP contribution >= 0.6 is 0 Å². The highest BCUT2D eigenvalue weighted by atomic mass is 16.5. The first-order valence-corrected chi connectivity index (χ1v) is 11.9. The largest absolute Gasteiger partial charge is 0.379 e. The van der Waals surface area contributed by atoms with Gasteiger partial charge >= 0.3 is 0 Å². The number of hydrogen-bond donors (Lipinski definition) is 2. The van der Waals surface area contributed by atoms with Crippen molar-refractivity contribution in [3.05, 3.63) is 65.7 Å². The van der Waals surface area contributed by atoms with Crippen LogP contribution in [0.4, 0.5) is 5.69 Å². The standard InChI is InChI=1S/C26H32N4O4/c31-24-17-21(19-30(24)18-20-7-2-1-3-8-20)25(32)28-23-10-5-4-9-22(23)26(33)27-11-6-12-29-13-15-34-16-14-29/h1-5,7-10,21H,6,11-19H2,(H,27,33)(H,28,32)/t21-/m0/s1. The third kappa shape index (κ3) is 6.42. The van der Waals surface area contributed by atoms with Crippen molar-refractivity contribution < 1.29 is 19.1 Å². The summed E-state index contributed by atoms with van der Waals surface area (Å²) in [5, 5.41) is 5.83. The van der Waals surface area contributed by atoms with Crippen molar-refractivity contribution in [2.75, 3.05) is 51.3 Å². The third-order valence-electron chi connectivity index (χ3n) is 6.27. The predicted molar refractivity (Wildman–Crippen MR) is 129 cm³/mol. The van der Waals surface area contributed by atoms with Gasteiger partial charge in [-0.25, -0.2) is 0 Å². The molecular weight excluding hydrogens is 432 g/mol. The maximum atomic E-state index is 12.9. The van der Waals surface area contributed by atoms with Crippen LogP contribution in [0.25, 0.3) is 0 Å². The second-order valence-corrected chi connectivity index (χ2v) is 8.76. The first-order chi connectivity index (χ1) is 16.6. The number of anilines is 1. The van der Waals surface area contributed by atoms with Crippen molar-refractivity contribution in [2.24, 2.45) is 5.92 Å². The molecule has 2 saturated heterocycles. The van der Waals surface area contributed by atoms with E-state index >= 15 is 0 Å². The molecule has 34 heavy (non-hydrogen) atoms. The molecule has 0 unspecified atom stereocenters. The zero-order chi connectivity index (χ0) is 23.8. The van der Waals surface area contributed by atoms with Crippen LogP contribution in [0.1, 0.15) is 28.8 Å². The molecule has 2 N–H and O–H groups in total. The molecule has 2 heterocycles. The zero-order valence-electron chi connectivity index (χ0n) is 19.4. The lowest BCUT2D eigenvalue weighted by Gasteiger charge is -2.26. The molecule has 8 heteroatoms. The molecule has 180 valence electrons. The van der Waals surface area contributed by atoms with Gasteiger partial charge in [-0.15, -0.1) is 0 Å². The topological polar surface area (TPSA) is 91.0 Å². The van der Waals surface area contributed by atoms with E-state index in [9.17, 15) is 14.4 Å². The second-order valence-electron chi connectivity index (χ2n) is 8.76. The number of hydrogen-bond acceptors (Lipinski definition) is 5. The van der Waals surface area contributed by atoms with Gasteiger partial charge in [-0.2, -0.15) is 0 Å². The third-order valence-corrected chi connectivity index (χ3v) is 6.27. The summed E-state index contributed by atoms with van der Waals surface area (Å²) >= 11 is 0. The van der Waals surface area contributed by atoms with Gasteiger partial charge in [0.25, 0.3) is 5.91 Å². The minimum atomic E-state index is -0.444. The molecule has 2 aliphatic rings. The number of amides is 3. The van der Waals surface area contributed by atoms with Crippen LogP contribution in [0.5, 0.6) is 0 Å². The van der Waals surface area contributed by atoms with E-state index in [2.05, 4.69) is 15.5 Å². The number of para-hydroxylation sites is 1. The number of likely N-dealkylation sites (tertiary alicyclic amines) is 1. The van der Waals surface area contributed by atoms with Gasteiger partial charge in [0, 0.05) is 39.1 Å². The Kier molecular flexibility index (Phi) is 8.27. The van der Waals surface area contributed by atoms with Crippen molar-refractivity contribution in [2.45, 2.75) is 19.4 Å². The van der Waals surface area contributed by atoms with Crippen LogP contribution in [0, 0.1) is 5.92 Å². The average molecular weight is 465 g/mol. The van der Waals surface area contributed by atoms with E-state index in [-0.39, 0.29) is 24.1 Å². The van der Waals surface area contributed by atoms with Crippen LogP contribution < -0.4 is 10.6 Å². The number of rotatable bonds is 9. The van der Waals surface area contributed by atoms with Gasteiger partial charge in [0.05, 0.1) is 30.4 Å². The van der Waals surface area contributed by atoms with Crippen molar-refractivity contribution in [3.63, 3.8) is 0 Å². The SMILES string of the molecule is O=C(NCCCN1CCOCC1)c1ccccc1NC(=O)[C@H]1CC(=O)N(Cc2ccccc2)C1. The maximum Gasteiger partial charge on any atom is 0.253 e. The molecule has 2 fully saturated rings. The molecule has 0 aromatic heterocycles. The summed E-state index contributed by atoms with van der Waals surface area (Å²) in [6.45, 7) is 5.71. The first-order valence-electron chi connectivity index (χ1n) is 11.9. The smallest absolute Gasteiger partial charge is 0.253 e. The fourth-order valence-electron chi connectivity index (χ4n) is 4.35. The summed E-state index contributed by atoms with van der Waals surface area (Å²) in [5.74, 6) is -0.932. The van der Waals surface area contributed by atoms with Crippen LogP contribution in [-0.4, -0.2) is 73.5 Å². The van der Waals surface area contributed by atoms with Gasteiger partial charge in [0.1, 0.15) is 0 Å². The van der Waals surface area contributed by atoms with E-state index in [0.717, 1.165) is 44.8 Å². The Balaban J connectivity index is 1.28. The number of carbonyl (C=O) groups excluding carboxylic acids is 3. The summed E-state index contributed by atoms with van der Waals surface area (Å²) in [6.07, 6.45) is 1.02. The molecule has 0 aliphatic carbocycles. The summed E-state index contributed by atoms with van der Waals surface area (Å²) in [5.41, 5.74) is 1.92. The van der Waals surface area contributed by atoms with Gasteiger partial charge in [0.2, 0.25) is 11.8 Å². The zero-order valence-corrected chi connectivity index (χ0v) is 19.4. The Bertz CT molecular complexity index is 991. The van der Waals surface area contributed by atoms with E-state index in [1.165, 1.54) is 0 Å². The lowest BCUT2D eigenvalue weighted by molar-refractivity contribution is -0.128. The van der Waals surface area contributed by atoms with Crippen LogP contribution in [0.3, 0.4) is 0 Å². The van der Waals surface area contributed by atoms with Crippen molar-refractivity contribution in [1.29, 1.82) is 0 Å². The van der Waals surface area contributed by atoms with Crippen LogP contribution in [-0.2, 0) is 20.9 Å². The predicted octanol–water partition coefficient (Wildman–Crippen LogP) is 2.13. The number of carbonyl (C=O) groups is 3. The molecule has 0 spiro atoms. The Morgan fingerprint density at radius 2 is 1.74 bits per heavy atom. The molecule has 2 aromatic rings. The maximum absolute atomic E-state index is 12.9. The summed E-state index contributed by atoms with van der Waals surface area (Å²) in [4.78, 5) is 42.2. The molecule has 0 radical (unpaired) electrons. The highest BCUT2D eigenvalue weighted by Gasteiger charge is 2.34. The molecule has 0 saturated carbocycles. The number of nitrogens with one attached hydrogen (secondary N) is 2. The van der Waals surface area contributed by atoms with Crippen LogP contribution in [0.15, 0.2) is 54.6 Å². The summed E-state index contributed by atoms with van der Waals surface area (Å²) in [7, 11) is 0. The van der Waals surface area contributed by atoms with Crippen LogP contribution in [0.2, 0.25) is 0 Å². The Morgan fingerprint density at radius 1 is 1.00 bits per heavy atom. The number of benzene rings is 2. The quantitative estimate of drug-likeness (QED) is 0.555. The molecule has 4 rings (SSSR count). The highest BCUT2D eigenvalue weighted by molar-refractivity contribution is 6.05. The fraction of sp³-hybridized carbons (Fsp3) is 0.423. The van der Waals surface area contributed by atoms with Crippen molar-refractivity contribution >= 4 is 23.4 Å². The molecule has 8 nitrogen and oxygen atoms in total. The molecular formula is C26H32N4O4. The van der Waals surface area contributed by atoms with Gasteiger partial charge in [-0.1, -0.05) is 42.5 Å². The number of nitrogens with zero attached hydrogens (tertiary/aromatic N) is 2. The van der Waals surface area contributed by atoms with E-state index in [1.807, 2.05) is 30.3 Å². The average Bonchev–Trinajstić information content (AvgIpc) is 3.23. The second kappa shape index (κ2) is 11.8. The first kappa shape index (κ1) is 23.9. The minimum absolute atomic E-state index is 0.0321. The molecule has 3 amide bonds. The van der Waals surface area contributed by atoms with E-state index < -0.39 is 5.92 Å². The van der Waals surface area contributed by atoms with Gasteiger partial charge in [0.15, 0.2) is 0 Å². The Labute approximate surface area is 200 Å². The number of ether oxygens (including phenoxy) is 1. The Hall–Kier alpha value is -3.23. The van der Waals surface area contributed by atoms with E-state index in [4.69, 9.17) is 4.74 Å². The lowest BCUT2D eigenvalue weighted by Crippen LogP contribution is -2.38. The fourth-order valence-corrected chi connectivity index (χ4v) is 4.35.